The normalized spacial score (nSPS) is 11.5. The summed E-state index contributed by atoms with van der Waals surface area (Å²) in [5.41, 5.74) is 4.82. The average molecular weight is 717 g/mol. The smallest absolute Gasteiger partial charge is 0.411 e. The van der Waals surface area contributed by atoms with Crippen LogP contribution in [0, 0.1) is 0 Å². The van der Waals surface area contributed by atoms with Gasteiger partial charge in [0.1, 0.15) is 28.7 Å². The van der Waals surface area contributed by atoms with Gasteiger partial charge in [-0.3, -0.25) is 10.00 Å². The van der Waals surface area contributed by atoms with Gasteiger partial charge in [0, 0.05) is 35.4 Å². The number of H-pyrrole nitrogens is 1. The molecule has 0 aliphatic heterocycles. The molecule has 0 aliphatic carbocycles. The number of tetrazole rings is 1. The Bertz CT molecular complexity index is 2060. The molecule has 0 saturated carbocycles. The van der Waals surface area contributed by atoms with Crippen molar-refractivity contribution in [2.24, 2.45) is 0 Å². The number of anilines is 1. The van der Waals surface area contributed by atoms with Crippen molar-refractivity contribution < 1.29 is 19.1 Å². The van der Waals surface area contributed by atoms with Crippen molar-refractivity contribution in [2.75, 3.05) is 19.5 Å². The van der Waals surface area contributed by atoms with Crippen LogP contribution in [0.25, 0.3) is 16.9 Å². The van der Waals surface area contributed by atoms with E-state index in [0.717, 1.165) is 11.3 Å². The Kier molecular flexibility index (Phi) is 10.5. The van der Waals surface area contributed by atoms with Crippen LogP contribution >= 0.6 is 23.2 Å². The maximum atomic E-state index is 13.4. The highest BCUT2D eigenvalue weighted by atomic mass is 35.5. The van der Waals surface area contributed by atoms with Gasteiger partial charge in [0.2, 0.25) is 0 Å². The number of halogens is 2. The maximum absolute atomic E-state index is 13.4. The Balaban J connectivity index is 1.22. The zero-order valence-electron chi connectivity index (χ0n) is 26.8. The number of urea groups is 1. The van der Waals surface area contributed by atoms with Gasteiger partial charge in [-0.15, -0.1) is 5.10 Å². The summed E-state index contributed by atoms with van der Waals surface area (Å²) in [5.74, 6) is 1.19. The van der Waals surface area contributed by atoms with Gasteiger partial charge in [-0.1, -0.05) is 47.5 Å². The van der Waals surface area contributed by atoms with Gasteiger partial charge in [-0.25, -0.2) is 19.3 Å². The number of aromatic nitrogens is 8. The second kappa shape index (κ2) is 15.5. The summed E-state index contributed by atoms with van der Waals surface area (Å²) in [6.45, 7) is 0.671. The third-order valence-corrected chi connectivity index (χ3v) is 8.10. The Labute approximate surface area is 295 Å². The molecular weight excluding hydrogens is 685 g/mol. The van der Waals surface area contributed by atoms with E-state index in [1.165, 1.54) is 18.1 Å². The van der Waals surface area contributed by atoms with E-state index in [2.05, 4.69) is 41.2 Å². The standard InChI is InChI=1S/C33H31Cl2N11O4/c1-49-26-10-3-20(4-11-26)18-45-14-13-25(42-45)16-27(31-40-29(30(35)41-31)21-5-8-24(9-6-21)38-33(48)50-2)39-32(47)36-17-22-15-23(34)7-12-28(22)46-19-37-43-44-46/h3-15,19,27H,16-18H2,1-2H3,(H,38,48)(H,40,41)(H2,36,39,47)/t27-/m0/s1. The van der Waals surface area contributed by atoms with E-state index in [1.807, 2.05) is 41.2 Å². The Hall–Kier alpha value is -5.93. The number of carbonyl (C=O) groups excluding carboxylic acids is 2. The zero-order chi connectivity index (χ0) is 35.0. The number of imidazole rings is 1. The molecule has 3 aromatic carbocycles. The fraction of sp³-hybridized carbons (Fsp3) is 0.182. The number of methoxy groups -OCH3 is 2. The SMILES string of the molecule is COC(=O)Nc1ccc(-c2nc([C@H](Cc3ccn(Cc4ccc(OC)cc4)n3)NC(=O)NCc3cc(Cl)ccc3-n3cnnn3)[nH]c2Cl)cc1. The van der Waals surface area contributed by atoms with Gasteiger partial charge in [-0.05, 0) is 70.1 Å². The summed E-state index contributed by atoms with van der Waals surface area (Å²) in [4.78, 5) is 32.9. The number of nitrogens with one attached hydrogen (secondary N) is 4. The molecule has 0 spiro atoms. The molecule has 0 aliphatic rings. The molecular formula is C33H31Cl2N11O4. The maximum Gasteiger partial charge on any atom is 0.411 e. The summed E-state index contributed by atoms with van der Waals surface area (Å²) in [5, 5.41) is 25.4. The van der Waals surface area contributed by atoms with Gasteiger partial charge >= 0.3 is 12.1 Å². The fourth-order valence-electron chi connectivity index (χ4n) is 5.13. The molecule has 0 saturated heterocycles. The summed E-state index contributed by atoms with van der Waals surface area (Å²) >= 11 is 12.9. The molecule has 0 fully saturated rings. The molecule has 0 bridgehead atoms. The van der Waals surface area contributed by atoms with E-state index in [9.17, 15) is 9.59 Å². The van der Waals surface area contributed by atoms with E-state index in [0.29, 0.717) is 57.7 Å². The predicted molar refractivity (Wildman–Crippen MR) is 185 cm³/mol. The molecule has 4 N–H and O–H groups in total. The molecule has 0 unspecified atom stereocenters. The summed E-state index contributed by atoms with van der Waals surface area (Å²) in [7, 11) is 2.91. The van der Waals surface area contributed by atoms with Crippen LogP contribution in [0.4, 0.5) is 15.3 Å². The molecule has 3 heterocycles. The van der Waals surface area contributed by atoms with Crippen LogP contribution in [0.5, 0.6) is 5.75 Å². The Morgan fingerprint density at radius 3 is 2.52 bits per heavy atom. The molecule has 3 aromatic heterocycles. The number of carbonyl (C=O) groups is 2. The van der Waals surface area contributed by atoms with E-state index in [-0.39, 0.29) is 11.7 Å². The molecule has 1 atom stereocenters. The first kappa shape index (κ1) is 34.0. The largest absolute Gasteiger partial charge is 0.497 e. The lowest BCUT2D eigenvalue weighted by atomic mass is 10.1. The van der Waals surface area contributed by atoms with E-state index in [1.54, 1.807) is 49.6 Å². The Morgan fingerprint density at radius 2 is 1.80 bits per heavy atom. The van der Waals surface area contributed by atoms with Crippen molar-refractivity contribution in [3.8, 4) is 22.7 Å². The minimum absolute atomic E-state index is 0.126. The molecule has 256 valence electrons. The monoisotopic (exact) mass is 715 g/mol. The van der Waals surface area contributed by atoms with Crippen LogP contribution in [0.1, 0.15) is 28.7 Å². The molecule has 15 nitrogen and oxygen atoms in total. The highest BCUT2D eigenvalue weighted by Crippen LogP contribution is 2.29. The van der Waals surface area contributed by atoms with Crippen molar-refractivity contribution in [1.29, 1.82) is 0 Å². The molecule has 6 rings (SSSR count). The summed E-state index contributed by atoms with van der Waals surface area (Å²) in [6.07, 6.45) is 3.04. The molecule has 17 heteroatoms. The van der Waals surface area contributed by atoms with Crippen LogP contribution in [-0.2, 0) is 24.2 Å². The van der Waals surface area contributed by atoms with E-state index in [4.69, 9.17) is 38.0 Å². The molecule has 6 aromatic rings. The van der Waals surface area contributed by atoms with Crippen LogP contribution in [0.2, 0.25) is 10.2 Å². The van der Waals surface area contributed by atoms with Crippen LogP contribution in [0.15, 0.2) is 85.3 Å². The first-order valence-corrected chi connectivity index (χ1v) is 16.0. The van der Waals surface area contributed by atoms with Gasteiger partial charge in [-0.2, -0.15) is 5.10 Å². The fourth-order valence-corrected chi connectivity index (χ4v) is 5.57. The van der Waals surface area contributed by atoms with Crippen LogP contribution in [-0.4, -0.2) is 66.3 Å². The lowest BCUT2D eigenvalue weighted by Crippen LogP contribution is -2.39. The molecule has 0 radical (unpaired) electrons. The molecule has 50 heavy (non-hydrogen) atoms. The first-order chi connectivity index (χ1) is 24.3. The Morgan fingerprint density at radius 1 is 1.00 bits per heavy atom. The highest BCUT2D eigenvalue weighted by Gasteiger charge is 2.23. The minimum atomic E-state index is -0.663. The number of rotatable bonds is 12. The lowest BCUT2D eigenvalue weighted by molar-refractivity contribution is 0.187. The van der Waals surface area contributed by atoms with Crippen LogP contribution in [0.3, 0.4) is 0 Å². The zero-order valence-corrected chi connectivity index (χ0v) is 28.3. The third kappa shape index (κ3) is 8.37. The van der Waals surface area contributed by atoms with Crippen molar-refractivity contribution >= 4 is 41.0 Å². The first-order valence-electron chi connectivity index (χ1n) is 15.2. The average Bonchev–Trinajstić information content (AvgIpc) is 3.90. The number of benzene rings is 3. The number of aromatic amines is 1. The van der Waals surface area contributed by atoms with Gasteiger partial charge in [0.25, 0.3) is 0 Å². The van der Waals surface area contributed by atoms with Gasteiger partial charge < -0.3 is 25.1 Å². The van der Waals surface area contributed by atoms with Crippen molar-refractivity contribution in [1.82, 2.24) is 50.6 Å². The summed E-state index contributed by atoms with van der Waals surface area (Å²) < 4.78 is 13.2. The van der Waals surface area contributed by atoms with Crippen molar-refractivity contribution in [3.05, 3.63) is 118 Å². The topological polar surface area (TPSA) is 179 Å². The lowest BCUT2D eigenvalue weighted by Gasteiger charge is -2.17. The highest BCUT2D eigenvalue weighted by molar-refractivity contribution is 6.32. The summed E-state index contributed by atoms with van der Waals surface area (Å²) in [6, 6.07) is 20.7. The number of hydrogen-bond donors (Lipinski definition) is 4. The van der Waals surface area contributed by atoms with Gasteiger partial charge in [0.05, 0.1) is 38.2 Å². The second-order valence-corrected chi connectivity index (χ2v) is 11.8. The van der Waals surface area contributed by atoms with Gasteiger partial charge in [0.15, 0.2) is 0 Å². The molecule has 3 amide bonds. The number of amides is 3. The minimum Gasteiger partial charge on any atom is -0.497 e. The second-order valence-electron chi connectivity index (χ2n) is 10.9. The van der Waals surface area contributed by atoms with Crippen molar-refractivity contribution in [2.45, 2.75) is 25.6 Å². The third-order valence-electron chi connectivity index (χ3n) is 7.59. The van der Waals surface area contributed by atoms with Crippen LogP contribution < -0.4 is 20.7 Å². The predicted octanol–water partition coefficient (Wildman–Crippen LogP) is 5.57. The quantitative estimate of drug-likeness (QED) is 0.126. The number of nitrogens with zero attached hydrogens (tertiary/aromatic N) is 7. The van der Waals surface area contributed by atoms with E-state index >= 15 is 0 Å². The number of hydrogen-bond acceptors (Lipinski definition) is 9. The van der Waals surface area contributed by atoms with Crippen molar-refractivity contribution in [3.63, 3.8) is 0 Å². The van der Waals surface area contributed by atoms with E-state index < -0.39 is 18.2 Å². The number of ether oxygens (including phenoxy) is 2.